The molecule has 2 rings (SSSR count). The van der Waals surface area contributed by atoms with Crippen LogP contribution in [0.15, 0.2) is 12.2 Å². The van der Waals surface area contributed by atoms with Crippen LogP contribution in [0.5, 0.6) is 0 Å². The van der Waals surface area contributed by atoms with Gasteiger partial charge < -0.3 is 16.0 Å². The van der Waals surface area contributed by atoms with Crippen molar-refractivity contribution in [2.45, 2.75) is 18.5 Å². The number of nitrogens with one attached hydrogen (secondary N) is 2. The molecule has 7 heteroatoms. The molecule has 0 aromatic carbocycles. The highest BCUT2D eigenvalue weighted by Gasteiger charge is 2.34. The molecule has 0 aromatic heterocycles. The monoisotopic (exact) mass is 252 g/mol. The molecule has 2 aliphatic heterocycles. The number of amides is 3. The van der Waals surface area contributed by atoms with Gasteiger partial charge in [-0.3, -0.25) is 19.7 Å². The minimum absolute atomic E-state index is 0.0905. The molecular formula is C11H16N4O3. The fraction of sp³-hybridized carbons (Fsp3) is 0.545. The zero-order valence-corrected chi connectivity index (χ0v) is 9.89. The number of hydrogen-bond acceptors (Lipinski definition) is 4. The molecule has 2 aliphatic rings. The molecule has 7 nitrogen and oxygen atoms in total. The number of likely N-dealkylation sites (tertiary alicyclic amines) is 1. The Kier molecular flexibility index (Phi) is 3.61. The van der Waals surface area contributed by atoms with E-state index in [0.717, 1.165) is 0 Å². The molecule has 4 N–H and O–H groups in total. The van der Waals surface area contributed by atoms with Crippen LogP contribution in [-0.4, -0.2) is 54.3 Å². The van der Waals surface area contributed by atoms with Crippen LogP contribution in [0.2, 0.25) is 0 Å². The molecule has 3 amide bonds. The molecule has 0 spiro atoms. The molecule has 0 radical (unpaired) electrons. The third-order valence-electron chi connectivity index (χ3n) is 3.03. The second-order valence-corrected chi connectivity index (χ2v) is 4.39. The molecule has 2 atom stereocenters. The standard InChI is InChI=1S/C11H16N4O3/c12-9(16)6-15-5-3-8(11(15)18)14-10(17)7-2-1-4-13-7/h1-2,7-8,13H,3-6H2,(H2,12,16)(H,14,17)/t7-,8-/m1/s1. The second-order valence-electron chi connectivity index (χ2n) is 4.39. The van der Waals surface area contributed by atoms with E-state index in [4.69, 9.17) is 5.73 Å². The molecule has 2 heterocycles. The lowest BCUT2D eigenvalue weighted by atomic mass is 10.2. The van der Waals surface area contributed by atoms with Crippen LogP contribution in [0, 0.1) is 0 Å². The van der Waals surface area contributed by atoms with Gasteiger partial charge in [-0.05, 0) is 6.42 Å². The number of nitrogens with two attached hydrogens (primary N) is 1. The summed E-state index contributed by atoms with van der Waals surface area (Å²) in [5.74, 6) is -1.01. The predicted molar refractivity (Wildman–Crippen MR) is 63.3 cm³/mol. The van der Waals surface area contributed by atoms with Crippen molar-refractivity contribution < 1.29 is 14.4 Å². The van der Waals surface area contributed by atoms with Crippen molar-refractivity contribution in [1.82, 2.24) is 15.5 Å². The summed E-state index contributed by atoms with van der Waals surface area (Å²) >= 11 is 0. The van der Waals surface area contributed by atoms with E-state index in [-0.39, 0.29) is 24.4 Å². The highest BCUT2D eigenvalue weighted by molar-refractivity contribution is 5.93. The van der Waals surface area contributed by atoms with E-state index in [9.17, 15) is 14.4 Å². The van der Waals surface area contributed by atoms with Crippen molar-refractivity contribution in [2.24, 2.45) is 5.73 Å². The van der Waals surface area contributed by atoms with Crippen molar-refractivity contribution in [3.8, 4) is 0 Å². The SMILES string of the molecule is NC(=O)CN1CC[C@@H](NC(=O)[C@H]2C=CCN2)C1=O. The van der Waals surface area contributed by atoms with Gasteiger partial charge in [-0.25, -0.2) is 0 Å². The van der Waals surface area contributed by atoms with Gasteiger partial charge in [-0.15, -0.1) is 0 Å². The Labute approximate surface area is 104 Å². The van der Waals surface area contributed by atoms with Crippen molar-refractivity contribution in [2.75, 3.05) is 19.6 Å². The molecule has 0 saturated carbocycles. The quantitative estimate of drug-likeness (QED) is 0.490. The lowest BCUT2D eigenvalue weighted by molar-refractivity contribution is -0.135. The summed E-state index contributed by atoms with van der Waals surface area (Å²) in [6.45, 7) is 1.01. The first-order valence-corrected chi connectivity index (χ1v) is 5.85. The number of carbonyl (C=O) groups excluding carboxylic acids is 3. The van der Waals surface area contributed by atoms with Gasteiger partial charge in [0.15, 0.2) is 0 Å². The van der Waals surface area contributed by atoms with Crippen LogP contribution in [0.3, 0.4) is 0 Å². The van der Waals surface area contributed by atoms with Gasteiger partial charge in [0.25, 0.3) is 0 Å². The Bertz CT molecular complexity index is 407. The van der Waals surface area contributed by atoms with E-state index in [2.05, 4.69) is 10.6 Å². The van der Waals surface area contributed by atoms with E-state index < -0.39 is 11.9 Å². The molecule has 0 aliphatic carbocycles. The maximum atomic E-state index is 11.9. The smallest absolute Gasteiger partial charge is 0.245 e. The zero-order valence-electron chi connectivity index (χ0n) is 9.89. The zero-order chi connectivity index (χ0) is 13.1. The van der Waals surface area contributed by atoms with Gasteiger partial charge in [0.05, 0.1) is 6.54 Å². The Hall–Kier alpha value is -1.89. The third kappa shape index (κ3) is 2.67. The van der Waals surface area contributed by atoms with Gasteiger partial charge in [-0.1, -0.05) is 12.2 Å². The highest BCUT2D eigenvalue weighted by atomic mass is 16.2. The number of carbonyl (C=O) groups is 3. The third-order valence-corrected chi connectivity index (χ3v) is 3.03. The summed E-state index contributed by atoms with van der Waals surface area (Å²) in [5, 5.41) is 5.64. The van der Waals surface area contributed by atoms with Gasteiger partial charge in [0, 0.05) is 13.1 Å². The van der Waals surface area contributed by atoms with E-state index in [1.807, 2.05) is 6.08 Å². The maximum Gasteiger partial charge on any atom is 0.245 e. The summed E-state index contributed by atoms with van der Waals surface area (Å²) in [6.07, 6.45) is 4.13. The number of hydrogen-bond donors (Lipinski definition) is 3. The lowest BCUT2D eigenvalue weighted by Crippen LogP contribution is -2.48. The van der Waals surface area contributed by atoms with Crippen molar-refractivity contribution in [3.05, 3.63) is 12.2 Å². The molecule has 98 valence electrons. The van der Waals surface area contributed by atoms with E-state index in [1.165, 1.54) is 4.90 Å². The fourth-order valence-electron chi connectivity index (χ4n) is 2.13. The van der Waals surface area contributed by atoms with Crippen LogP contribution in [0.4, 0.5) is 0 Å². The van der Waals surface area contributed by atoms with E-state index in [1.54, 1.807) is 6.08 Å². The van der Waals surface area contributed by atoms with E-state index in [0.29, 0.717) is 19.5 Å². The first kappa shape index (κ1) is 12.6. The average molecular weight is 252 g/mol. The first-order valence-electron chi connectivity index (χ1n) is 5.85. The second kappa shape index (κ2) is 5.18. The van der Waals surface area contributed by atoms with Crippen LogP contribution < -0.4 is 16.4 Å². The van der Waals surface area contributed by atoms with E-state index >= 15 is 0 Å². The van der Waals surface area contributed by atoms with Gasteiger partial charge in [-0.2, -0.15) is 0 Å². The average Bonchev–Trinajstić information content (AvgIpc) is 2.93. The molecule has 0 bridgehead atoms. The number of rotatable bonds is 4. The van der Waals surface area contributed by atoms with Crippen LogP contribution in [0.1, 0.15) is 6.42 Å². The summed E-state index contributed by atoms with van der Waals surface area (Å²) in [4.78, 5) is 35.8. The Balaban J connectivity index is 1.87. The van der Waals surface area contributed by atoms with Crippen LogP contribution in [-0.2, 0) is 14.4 Å². The van der Waals surface area contributed by atoms with Crippen LogP contribution >= 0.6 is 0 Å². The normalized spacial score (nSPS) is 26.7. The highest BCUT2D eigenvalue weighted by Crippen LogP contribution is 2.11. The Morgan fingerprint density at radius 1 is 1.56 bits per heavy atom. The summed E-state index contributed by atoms with van der Waals surface area (Å²) in [5.41, 5.74) is 5.04. The van der Waals surface area contributed by atoms with Crippen molar-refractivity contribution in [3.63, 3.8) is 0 Å². The van der Waals surface area contributed by atoms with Crippen LogP contribution in [0.25, 0.3) is 0 Å². The first-order chi connectivity index (χ1) is 8.58. The molecular weight excluding hydrogens is 236 g/mol. The Morgan fingerprint density at radius 2 is 2.33 bits per heavy atom. The molecule has 1 saturated heterocycles. The fourth-order valence-corrected chi connectivity index (χ4v) is 2.13. The molecule has 0 aromatic rings. The Morgan fingerprint density at radius 3 is 2.94 bits per heavy atom. The summed E-state index contributed by atoms with van der Waals surface area (Å²) < 4.78 is 0. The predicted octanol–water partition coefficient (Wildman–Crippen LogP) is -2.28. The van der Waals surface area contributed by atoms with Crippen molar-refractivity contribution in [1.29, 1.82) is 0 Å². The topological polar surface area (TPSA) is 105 Å². The minimum Gasteiger partial charge on any atom is -0.368 e. The summed E-state index contributed by atoms with van der Waals surface area (Å²) in [7, 11) is 0. The number of primary amides is 1. The van der Waals surface area contributed by atoms with Gasteiger partial charge >= 0.3 is 0 Å². The molecule has 1 fully saturated rings. The summed E-state index contributed by atoms with van der Waals surface area (Å²) in [6, 6.07) is -0.921. The maximum absolute atomic E-state index is 11.9. The van der Waals surface area contributed by atoms with Gasteiger partial charge in [0.2, 0.25) is 17.7 Å². The largest absolute Gasteiger partial charge is 0.368 e. The minimum atomic E-state index is -0.548. The van der Waals surface area contributed by atoms with Gasteiger partial charge in [0.1, 0.15) is 12.1 Å². The van der Waals surface area contributed by atoms with Crippen molar-refractivity contribution >= 4 is 17.7 Å². The molecule has 18 heavy (non-hydrogen) atoms. The molecule has 0 unspecified atom stereocenters. The lowest BCUT2D eigenvalue weighted by Gasteiger charge is -2.16. The number of nitrogens with zero attached hydrogens (tertiary/aromatic N) is 1.